The summed E-state index contributed by atoms with van der Waals surface area (Å²) in [7, 11) is -3.40. The maximum absolute atomic E-state index is 10.7. The average Bonchev–Trinajstić information content (AvgIpc) is 1.97. The number of rotatable bonds is 5. The molecule has 0 aliphatic carbocycles. The Kier molecular flexibility index (Phi) is 4.74. The first kappa shape index (κ1) is 11.9. The van der Waals surface area contributed by atoms with Crippen molar-refractivity contribution in [2.45, 2.75) is 26.4 Å². The molecule has 0 aromatic heterocycles. The van der Waals surface area contributed by atoms with Gasteiger partial charge in [0.25, 0.3) is 10.1 Å². The number of aliphatic hydroxyl groups is 1. The lowest BCUT2D eigenvalue weighted by Gasteiger charge is -2.19. The lowest BCUT2D eigenvalue weighted by molar-refractivity contribution is 0.100. The maximum atomic E-state index is 10.7. The van der Waals surface area contributed by atoms with Crippen LogP contribution in [0.25, 0.3) is 0 Å². The van der Waals surface area contributed by atoms with Gasteiger partial charge in [0.15, 0.2) is 0 Å². The van der Waals surface area contributed by atoms with E-state index in [9.17, 15) is 8.42 Å². The van der Waals surface area contributed by atoms with Gasteiger partial charge >= 0.3 is 0 Å². The van der Waals surface area contributed by atoms with E-state index in [0.29, 0.717) is 6.42 Å². The van der Waals surface area contributed by atoms with E-state index < -0.39 is 16.2 Å². The average molecular weight is 196 g/mol. The van der Waals surface area contributed by atoms with Gasteiger partial charge in [0.1, 0.15) is 0 Å². The Labute approximate surface area is 73.7 Å². The molecule has 0 fully saturated rings. The Balaban J connectivity index is 4.18. The summed E-state index contributed by atoms with van der Waals surface area (Å²) in [6, 6.07) is 0. The molecule has 0 rings (SSSR count). The molecule has 0 bridgehead atoms. The molecule has 2 atom stereocenters. The van der Waals surface area contributed by atoms with E-state index in [2.05, 4.69) is 0 Å². The second-order valence-corrected chi connectivity index (χ2v) is 4.51. The highest BCUT2D eigenvalue weighted by molar-refractivity contribution is 7.86. The van der Waals surface area contributed by atoms with E-state index in [4.69, 9.17) is 9.29 Å². The van der Waals surface area contributed by atoms with Crippen LogP contribution in [-0.2, 0) is 14.3 Å². The highest BCUT2D eigenvalue weighted by atomic mass is 32.2. The van der Waals surface area contributed by atoms with Crippen LogP contribution >= 0.6 is 0 Å². The van der Waals surface area contributed by atoms with E-state index in [1.54, 1.807) is 6.92 Å². The number of aliphatic hydroxyl groups excluding tert-OH is 1. The van der Waals surface area contributed by atoms with Gasteiger partial charge in [0.2, 0.25) is 0 Å². The summed E-state index contributed by atoms with van der Waals surface area (Å²) in [6.07, 6.45) is 1.18. The Bertz CT molecular complexity index is 209. The SMILES string of the molecule is CCC(OS(C)(=O)=O)C(C)CO. The van der Waals surface area contributed by atoms with Gasteiger partial charge in [0.05, 0.1) is 12.4 Å². The van der Waals surface area contributed by atoms with Crippen molar-refractivity contribution in [2.24, 2.45) is 5.92 Å². The van der Waals surface area contributed by atoms with Crippen molar-refractivity contribution >= 4 is 10.1 Å². The van der Waals surface area contributed by atoms with Gasteiger partial charge in [-0.3, -0.25) is 4.18 Å². The smallest absolute Gasteiger partial charge is 0.264 e. The van der Waals surface area contributed by atoms with Crippen molar-refractivity contribution in [1.82, 2.24) is 0 Å². The molecule has 0 spiro atoms. The normalized spacial score (nSPS) is 17.3. The molecule has 0 amide bonds. The number of hydrogen-bond donors (Lipinski definition) is 1. The zero-order chi connectivity index (χ0) is 9.78. The molecule has 12 heavy (non-hydrogen) atoms. The van der Waals surface area contributed by atoms with Crippen molar-refractivity contribution in [3.8, 4) is 0 Å². The third-order valence-corrected chi connectivity index (χ3v) is 2.22. The summed E-state index contributed by atoms with van der Waals surface area (Å²) in [5.41, 5.74) is 0. The van der Waals surface area contributed by atoms with Crippen LogP contribution in [0.3, 0.4) is 0 Å². The molecular weight excluding hydrogens is 180 g/mol. The van der Waals surface area contributed by atoms with Crippen LogP contribution in [0, 0.1) is 5.92 Å². The van der Waals surface area contributed by atoms with Crippen LogP contribution in [0.15, 0.2) is 0 Å². The van der Waals surface area contributed by atoms with Gasteiger partial charge in [-0.25, -0.2) is 0 Å². The minimum absolute atomic E-state index is 0.0615. The maximum Gasteiger partial charge on any atom is 0.264 e. The molecule has 0 aromatic carbocycles. The van der Waals surface area contributed by atoms with E-state index in [-0.39, 0.29) is 12.5 Å². The second kappa shape index (κ2) is 4.79. The van der Waals surface area contributed by atoms with Crippen molar-refractivity contribution in [2.75, 3.05) is 12.9 Å². The Morgan fingerprint density at radius 1 is 1.50 bits per heavy atom. The first-order chi connectivity index (χ1) is 5.40. The largest absolute Gasteiger partial charge is 0.396 e. The van der Waals surface area contributed by atoms with Crippen LogP contribution in [0.5, 0.6) is 0 Å². The van der Waals surface area contributed by atoms with E-state index in [1.165, 1.54) is 0 Å². The van der Waals surface area contributed by atoms with E-state index >= 15 is 0 Å². The van der Waals surface area contributed by atoms with Crippen LogP contribution in [0.2, 0.25) is 0 Å². The van der Waals surface area contributed by atoms with Crippen LogP contribution in [-0.4, -0.2) is 32.5 Å². The van der Waals surface area contributed by atoms with Crippen LogP contribution < -0.4 is 0 Å². The summed E-state index contributed by atoms with van der Waals surface area (Å²) in [5, 5.41) is 8.76. The Morgan fingerprint density at radius 3 is 2.25 bits per heavy atom. The minimum atomic E-state index is -3.40. The molecule has 0 saturated carbocycles. The summed E-state index contributed by atoms with van der Waals surface area (Å²) in [4.78, 5) is 0. The molecule has 0 saturated heterocycles. The highest BCUT2D eigenvalue weighted by Crippen LogP contribution is 2.12. The highest BCUT2D eigenvalue weighted by Gasteiger charge is 2.19. The second-order valence-electron chi connectivity index (χ2n) is 2.91. The zero-order valence-electron chi connectivity index (χ0n) is 7.65. The molecule has 0 heterocycles. The molecule has 5 heteroatoms. The predicted molar refractivity (Wildman–Crippen MR) is 46.3 cm³/mol. The molecule has 4 nitrogen and oxygen atoms in total. The van der Waals surface area contributed by atoms with Crippen molar-refractivity contribution in [3.05, 3.63) is 0 Å². The summed E-state index contributed by atoms with van der Waals surface area (Å²) in [5.74, 6) is -0.148. The van der Waals surface area contributed by atoms with Gasteiger partial charge < -0.3 is 5.11 Å². The Hall–Kier alpha value is -0.130. The molecule has 0 radical (unpaired) electrons. The summed E-state index contributed by atoms with van der Waals surface area (Å²) >= 11 is 0. The predicted octanol–water partition coefficient (Wildman–Crippen LogP) is 0.370. The van der Waals surface area contributed by atoms with Gasteiger partial charge in [-0.15, -0.1) is 0 Å². The van der Waals surface area contributed by atoms with Gasteiger partial charge in [-0.2, -0.15) is 8.42 Å². The third kappa shape index (κ3) is 4.69. The molecule has 1 N–H and O–H groups in total. The van der Waals surface area contributed by atoms with Crippen LogP contribution in [0.1, 0.15) is 20.3 Å². The van der Waals surface area contributed by atoms with Gasteiger partial charge in [-0.05, 0) is 6.42 Å². The minimum Gasteiger partial charge on any atom is -0.396 e. The topological polar surface area (TPSA) is 63.6 Å². The fourth-order valence-corrected chi connectivity index (χ4v) is 1.68. The summed E-state index contributed by atoms with van der Waals surface area (Å²) in [6.45, 7) is 3.51. The number of hydrogen-bond acceptors (Lipinski definition) is 4. The lowest BCUT2D eigenvalue weighted by Crippen LogP contribution is -2.26. The molecular formula is C7H16O4S. The molecule has 0 aliphatic rings. The van der Waals surface area contributed by atoms with Crippen LogP contribution in [0.4, 0.5) is 0 Å². The Morgan fingerprint density at radius 2 is 2.00 bits per heavy atom. The monoisotopic (exact) mass is 196 g/mol. The molecule has 0 aliphatic heterocycles. The lowest BCUT2D eigenvalue weighted by atomic mass is 10.0. The van der Waals surface area contributed by atoms with Gasteiger partial charge in [0, 0.05) is 12.5 Å². The first-order valence-corrected chi connectivity index (χ1v) is 5.71. The fraction of sp³-hybridized carbons (Fsp3) is 1.00. The van der Waals surface area contributed by atoms with Crippen molar-refractivity contribution in [1.29, 1.82) is 0 Å². The summed E-state index contributed by atoms with van der Waals surface area (Å²) < 4.78 is 26.2. The molecule has 74 valence electrons. The van der Waals surface area contributed by atoms with E-state index in [1.807, 2.05) is 6.92 Å². The van der Waals surface area contributed by atoms with E-state index in [0.717, 1.165) is 6.26 Å². The first-order valence-electron chi connectivity index (χ1n) is 3.89. The molecule has 0 aromatic rings. The fourth-order valence-electron chi connectivity index (χ4n) is 0.907. The van der Waals surface area contributed by atoms with Crippen molar-refractivity contribution < 1.29 is 17.7 Å². The van der Waals surface area contributed by atoms with Gasteiger partial charge in [-0.1, -0.05) is 13.8 Å². The zero-order valence-corrected chi connectivity index (χ0v) is 8.47. The molecule has 2 unspecified atom stereocenters. The quantitative estimate of drug-likeness (QED) is 0.645. The van der Waals surface area contributed by atoms with Crippen molar-refractivity contribution in [3.63, 3.8) is 0 Å². The standard InChI is InChI=1S/C7H16O4S/c1-4-7(6(2)5-8)11-12(3,9)10/h6-8H,4-5H2,1-3H3. The third-order valence-electron chi connectivity index (χ3n) is 1.62.